The predicted molar refractivity (Wildman–Crippen MR) is 98.4 cm³/mol. The highest BCUT2D eigenvalue weighted by atomic mass is 16.3. The molecule has 0 amide bonds. The van der Waals surface area contributed by atoms with Gasteiger partial charge in [-0.1, -0.05) is 32.0 Å². The van der Waals surface area contributed by atoms with Crippen LogP contribution in [0.5, 0.6) is 5.75 Å². The molecule has 0 aliphatic rings. The Morgan fingerprint density at radius 3 is 2.68 bits per heavy atom. The Labute approximate surface area is 144 Å². The van der Waals surface area contributed by atoms with Crippen molar-refractivity contribution in [3.05, 3.63) is 70.9 Å². The number of phenols is 1. The molecule has 0 saturated carbocycles. The quantitative estimate of drug-likeness (QED) is 0.607. The minimum Gasteiger partial charge on any atom is -0.508 e. The van der Waals surface area contributed by atoms with Crippen molar-refractivity contribution in [2.45, 2.75) is 19.8 Å². The number of nitrogens with zero attached hydrogens (tertiary/aromatic N) is 3. The maximum absolute atomic E-state index is 13.2. The van der Waals surface area contributed by atoms with Crippen molar-refractivity contribution in [1.82, 2.24) is 14.5 Å². The van der Waals surface area contributed by atoms with Gasteiger partial charge in [-0.2, -0.15) is 0 Å². The zero-order chi connectivity index (χ0) is 17.6. The number of para-hydroxylation sites is 1. The lowest BCUT2D eigenvalue weighted by Gasteiger charge is -2.17. The van der Waals surface area contributed by atoms with Crippen molar-refractivity contribution in [3.63, 3.8) is 0 Å². The van der Waals surface area contributed by atoms with Crippen LogP contribution >= 0.6 is 0 Å². The summed E-state index contributed by atoms with van der Waals surface area (Å²) in [5.74, 6) is 0.762. The Morgan fingerprint density at radius 1 is 1.08 bits per heavy atom. The molecule has 4 rings (SSSR count). The van der Waals surface area contributed by atoms with Crippen LogP contribution in [0.25, 0.3) is 27.5 Å². The van der Waals surface area contributed by atoms with Gasteiger partial charge in [0.05, 0.1) is 22.1 Å². The lowest BCUT2D eigenvalue weighted by atomic mass is 10.1. The Kier molecular flexibility index (Phi) is 3.50. The van der Waals surface area contributed by atoms with Crippen molar-refractivity contribution in [1.29, 1.82) is 0 Å². The molecule has 0 fully saturated rings. The molecule has 2 heterocycles. The summed E-state index contributed by atoms with van der Waals surface area (Å²) < 4.78 is 1.64. The van der Waals surface area contributed by atoms with Gasteiger partial charge in [0.25, 0.3) is 5.56 Å². The second kappa shape index (κ2) is 5.70. The van der Waals surface area contributed by atoms with Crippen molar-refractivity contribution in [2.24, 2.45) is 0 Å². The highest BCUT2D eigenvalue weighted by Crippen LogP contribution is 2.25. The minimum atomic E-state index is -0.160. The molecule has 0 radical (unpaired) electrons. The molecule has 0 atom stereocenters. The molecule has 2 aromatic carbocycles. The van der Waals surface area contributed by atoms with E-state index < -0.39 is 0 Å². The molecule has 4 aromatic rings. The number of hydrogen-bond acceptors (Lipinski definition) is 4. The van der Waals surface area contributed by atoms with Gasteiger partial charge in [0.2, 0.25) is 0 Å². The second-order valence-corrected chi connectivity index (χ2v) is 6.32. The van der Waals surface area contributed by atoms with Crippen LogP contribution in [0, 0.1) is 0 Å². The summed E-state index contributed by atoms with van der Waals surface area (Å²) in [4.78, 5) is 22.3. The number of hydrogen-bond donors (Lipinski definition) is 1. The third kappa shape index (κ3) is 2.45. The fourth-order valence-corrected chi connectivity index (χ4v) is 3.08. The second-order valence-electron chi connectivity index (χ2n) is 6.32. The first kappa shape index (κ1) is 15.3. The molecule has 0 bridgehead atoms. The van der Waals surface area contributed by atoms with Gasteiger partial charge in [-0.05, 0) is 24.3 Å². The number of aromatic nitrogens is 3. The van der Waals surface area contributed by atoms with E-state index in [1.807, 2.05) is 44.2 Å². The SMILES string of the molecule is CC(C)c1nc2cc(O)ccc2c(=O)n1-c1cccc2cccnc12. The van der Waals surface area contributed by atoms with E-state index in [1.165, 1.54) is 12.1 Å². The van der Waals surface area contributed by atoms with Crippen LogP contribution < -0.4 is 5.56 Å². The summed E-state index contributed by atoms with van der Waals surface area (Å²) in [6.07, 6.45) is 1.72. The van der Waals surface area contributed by atoms with Crippen LogP contribution in [0.4, 0.5) is 0 Å². The van der Waals surface area contributed by atoms with Crippen LogP contribution in [0.1, 0.15) is 25.6 Å². The minimum absolute atomic E-state index is 0.0263. The van der Waals surface area contributed by atoms with E-state index in [9.17, 15) is 9.90 Å². The summed E-state index contributed by atoms with van der Waals surface area (Å²) in [5, 5.41) is 11.2. The van der Waals surface area contributed by atoms with Crippen LogP contribution in [0.3, 0.4) is 0 Å². The Balaban J connectivity index is 2.16. The van der Waals surface area contributed by atoms with Gasteiger partial charge < -0.3 is 5.11 Å². The first-order valence-corrected chi connectivity index (χ1v) is 8.16. The van der Waals surface area contributed by atoms with Crippen LogP contribution in [-0.2, 0) is 0 Å². The molecule has 1 N–H and O–H groups in total. The summed E-state index contributed by atoms with van der Waals surface area (Å²) in [7, 11) is 0. The van der Waals surface area contributed by atoms with E-state index >= 15 is 0 Å². The first-order valence-electron chi connectivity index (χ1n) is 8.16. The van der Waals surface area contributed by atoms with E-state index in [2.05, 4.69) is 9.97 Å². The van der Waals surface area contributed by atoms with Crippen molar-refractivity contribution in [2.75, 3.05) is 0 Å². The lowest BCUT2D eigenvalue weighted by Crippen LogP contribution is -2.25. The Bertz CT molecular complexity index is 1160. The van der Waals surface area contributed by atoms with Crippen LogP contribution in [0.2, 0.25) is 0 Å². The molecule has 0 spiro atoms. The zero-order valence-electron chi connectivity index (χ0n) is 14.0. The number of rotatable bonds is 2. The predicted octanol–water partition coefficient (Wildman–Crippen LogP) is 3.76. The smallest absolute Gasteiger partial charge is 0.266 e. The van der Waals surface area contributed by atoms with Gasteiger partial charge in [0.15, 0.2) is 0 Å². The molecule has 25 heavy (non-hydrogen) atoms. The van der Waals surface area contributed by atoms with Crippen molar-refractivity contribution < 1.29 is 5.11 Å². The summed E-state index contributed by atoms with van der Waals surface area (Å²) in [6, 6.07) is 14.3. The number of phenolic OH excluding ortho intramolecular Hbond substituents is 1. The fraction of sp³-hybridized carbons (Fsp3) is 0.150. The maximum Gasteiger partial charge on any atom is 0.266 e. The average Bonchev–Trinajstić information content (AvgIpc) is 2.61. The molecular formula is C20H17N3O2. The van der Waals surface area contributed by atoms with E-state index in [-0.39, 0.29) is 17.2 Å². The monoisotopic (exact) mass is 331 g/mol. The number of fused-ring (bicyclic) bond motifs is 2. The number of pyridine rings is 1. The molecule has 5 nitrogen and oxygen atoms in total. The van der Waals surface area contributed by atoms with E-state index in [0.717, 1.165) is 10.9 Å². The molecule has 2 aromatic heterocycles. The van der Waals surface area contributed by atoms with Crippen LogP contribution in [0.15, 0.2) is 59.5 Å². The van der Waals surface area contributed by atoms with Gasteiger partial charge in [-0.15, -0.1) is 0 Å². The molecule has 5 heteroatoms. The zero-order valence-corrected chi connectivity index (χ0v) is 14.0. The summed E-state index contributed by atoms with van der Waals surface area (Å²) in [6.45, 7) is 3.98. The Morgan fingerprint density at radius 2 is 1.88 bits per heavy atom. The van der Waals surface area contributed by atoms with Gasteiger partial charge in [0, 0.05) is 23.6 Å². The third-order valence-electron chi connectivity index (χ3n) is 4.25. The fourth-order valence-electron chi connectivity index (χ4n) is 3.08. The van der Waals surface area contributed by atoms with E-state index in [0.29, 0.717) is 22.4 Å². The van der Waals surface area contributed by atoms with Gasteiger partial charge >= 0.3 is 0 Å². The van der Waals surface area contributed by atoms with E-state index in [4.69, 9.17) is 0 Å². The Hall–Kier alpha value is -3.21. The van der Waals surface area contributed by atoms with Crippen LogP contribution in [-0.4, -0.2) is 19.6 Å². The molecule has 124 valence electrons. The maximum atomic E-state index is 13.2. The number of benzene rings is 2. The molecule has 0 saturated heterocycles. The van der Waals surface area contributed by atoms with Gasteiger partial charge in [0.1, 0.15) is 11.6 Å². The topological polar surface area (TPSA) is 68.0 Å². The van der Waals surface area contributed by atoms with Gasteiger partial charge in [-0.25, -0.2) is 4.98 Å². The lowest BCUT2D eigenvalue weighted by molar-refractivity contribution is 0.476. The molecule has 0 aliphatic carbocycles. The molecule has 0 unspecified atom stereocenters. The molecule has 0 aliphatic heterocycles. The largest absolute Gasteiger partial charge is 0.508 e. The average molecular weight is 331 g/mol. The van der Waals surface area contributed by atoms with Crippen molar-refractivity contribution >= 4 is 21.8 Å². The highest BCUT2D eigenvalue weighted by molar-refractivity contribution is 5.87. The standard InChI is InChI=1S/C20H17N3O2/c1-12(2)19-22-16-11-14(24)8-9-15(16)20(25)23(19)17-7-3-5-13-6-4-10-21-18(13)17/h3-12,24H,1-2H3. The summed E-state index contributed by atoms with van der Waals surface area (Å²) >= 11 is 0. The third-order valence-corrected chi connectivity index (χ3v) is 4.25. The van der Waals surface area contributed by atoms with Gasteiger partial charge in [-0.3, -0.25) is 14.3 Å². The number of aromatic hydroxyl groups is 1. The van der Waals surface area contributed by atoms with E-state index in [1.54, 1.807) is 16.8 Å². The highest BCUT2D eigenvalue weighted by Gasteiger charge is 2.17. The summed E-state index contributed by atoms with van der Waals surface area (Å²) in [5.41, 5.74) is 1.81. The molecular weight excluding hydrogens is 314 g/mol. The van der Waals surface area contributed by atoms with Crippen molar-refractivity contribution in [3.8, 4) is 11.4 Å². The first-order chi connectivity index (χ1) is 12.1. The normalized spacial score (nSPS) is 11.5.